The largest absolute Gasteiger partial charge is 0.444 e. The highest BCUT2D eigenvalue weighted by molar-refractivity contribution is 14.0. The second-order valence-electron chi connectivity index (χ2n) is 7.73. The van der Waals surface area contributed by atoms with Crippen LogP contribution in [0.2, 0.25) is 0 Å². The molecule has 1 aromatic carbocycles. The van der Waals surface area contributed by atoms with Crippen molar-refractivity contribution < 1.29 is 9.53 Å². The lowest BCUT2D eigenvalue weighted by molar-refractivity contribution is 0.0529. The fourth-order valence-corrected chi connectivity index (χ4v) is 2.80. The predicted molar refractivity (Wildman–Crippen MR) is 130 cm³/mol. The van der Waals surface area contributed by atoms with Gasteiger partial charge in [0, 0.05) is 43.3 Å². The van der Waals surface area contributed by atoms with Gasteiger partial charge in [0.25, 0.3) is 0 Å². The molecule has 1 amide bonds. The first kappa shape index (κ1) is 25.1. The quantitative estimate of drug-likeness (QED) is 0.196. The van der Waals surface area contributed by atoms with Crippen LogP contribution in [0.5, 0.6) is 0 Å². The number of hydrogen-bond donors (Lipinski definition) is 4. The molecule has 0 bridgehead atoms. The van der Waals surface area contributed by atoms with E-state index in [1.807, 2.05) is 27.7 Å². The number of nitrogens with zero attached hydrogens (tertiary/aromatic N) is 1. The third-order valence-electron chi connectivity index (χ3n) is 4.00. The number of aryl methyl sites for hydroxylation is 1. The number of carbonyl (C=O) groups is 1. The molecule has 8 heteroatoms. The zero-order chi connectivity index (χ0) is 20.6. The SMILES string of the molecule is CCNC(=NCCc1c[nH]c2cc(C)ccc12)NCCNC(=O)OC(C)(C)C.I. The number of hydrogen-bond acceptors (Lipinski definition) is 3. The van der Waals surface area contributed by atoms with Crippen LogP contribution in [0.15, 0.2) is 29.4 Å². The Bertz CT molecular complexity index is 811. The number of alkyl carbamates (subject to hydrolysis) is 1. The molecule has 0 spiro atoms. The monoisotopic (exact) mass is 515 g/mol. The van der Waals surface area contributed by atoms with Gasteiger partial charge in [0.2, 0.25) is 0 Å². The molecular weight excluding hydrogens is 481 g/mol. The molecule has 2 aromatic rings. The standard InChI is InChI=1S/C21H33N5O2.HI/c1-6-22-19(24-11-12-25-20(27)28-21(3,4)5)23-10-9-16-14-26-18-13-15(2)7-8-17(16)18;/h7-8,13-14,26H,6,9-12H2,1-5H3,(H,25,27)(H2,22,23,24);1H. The number of guanidine groups is 1. The summed E-state index contributed by atoms with van der Waals surface area (Å²) >= 11 is 0. The van der Waals surface area contributed by atoms with Gasteiger partial charge in [0.1, 0.15) is 5.60 Å². The Kier molecular flexibility index (Phi) is 10.3. The zero-order valence-corrected chi connectivity index (χ0v) is 20.3. The molecule has 4 N–H and O–H groups in total. The minimum absolute atomic E-state index is 0. The van der Waals surface area contributed by atoms with Crippen LogP contribution in [-0.4, -0.2) is 48.8 Å². The lowest BCUT2D eigenvalue weighted by Crippen LogP contribution is -2.42. The average molecular weight is 515 g/mol. The van der Waals surface area contributed by atoms with E-state index >= 15 is 0 Å². The van der Waals surface area contributed by atoms with Crippen LogP contribution in [0.1, 0.15) is 38.8 Å². The number of rotatable bonds is 7. The molecule has 2 rings (SSSR count). The van der Waals surface area contributed by atoms with E-state index in [9.17, 15) is 4.79 Å². The summed E-state index contributed by atoms with van der Waals surface area (Å²) in [7, 11) is 0. The van der Waals surface area contributed by atoms with Crippen LogP contribution in [0.4, 0.5) is 4.79 Å². The van der Waals surface area contributed by atoms with E-state index in [4.69, 9.17) is 4.74 Å². The van der Waals surface area contributed by atoms with Gasteiger partial charge in [-0.1, -0.05) is 12.1 Å². The van der Waals surface area contributed by atoms with E-state index in [2.05, 4.69) is 57.2 Å². The zero-order valence-electron chi connectivity index (χ0n) is 18.0. The van der Waals surface area contributed by atoms with Crippen molar-refractivity contribution in [1.82, 2.24) is 20.9 Å². The summed E-state index contributed by atoms with van der Waals surface area (Å²) in [6.07, 6.45) is 2.51. The molecular formula is C21H34IN5O2. The Labute approximate surface area is 190 Å². The van der Waals surface area contributed by atoms with Crippen molar-refractivity contribution in [2.45, 2.75) is 46.6 Å². The first-order chi connectivity index (χ1) is 13.3. The van der Waals surface area contributed by atoms with E-state index in [1.54, 1.807) is 0 Å². The van der Waals surface area contributed by atoms with Crippen LogP contribution in [0, 0.1) is 6.92 Å². The van der Waals surface area contributed by atoms with E-state index in [0.717, 1.165) is 24.4 Å². The number of carbonyl (C=O) groups excluding carboxylic acids is 1. The number of fused-ring (bicyclic) bond motifs is 1. The molecule has 7 nitrogen and oxygen atoms in total. The van der Waals surface area contributed by atoms with Crippen LogP contribution in [-0.2, 0) is 11.2 Å². The van der Waals surface area contributed by atoms with Crippen molar-refractivity contribution in [1.29, 1.82) is 0 Å². The number of aromatic amines is 1. The maximum absolute atomic E-state index is 11.7. The average Bonchev–Trinajstić information content (AvgIpc) is 2.99. The molecule has 0 saturated heterocycles. The van der Waals surface area contributed by atoms with Gasteiger partial charge in [-0.25, -0.2) is 4.79 Å². The maximum atomic E-state index is 11.7. The van der Waals surface area contributed by atoms with E-state index in [1.165, 1.54) is 16.5 Å². The number of H-pyrrole nitrogens is 1. The fraction of sp³-hybridized carbons (Fsp3) is 0.524. The molecule has 29 heavy (non-hydrogen) atoms. The number of amides is 1. The van der Waals surface area contributed by atoms with Crippen molar-refractivity contribution in [3.8, 4) is 0 Å². The van der Waals surface area contributed by atoms with Crippen molar-refractivity contribution in [3.63, 3.8) is 0 Å². The number of halogens is 1. The third-order valence-corrected chi connectivity index (χ3v) is 4.00. The van der Waals surface area contributed by atoms with Gasteiger partial charge < -0.3 is 25.7 Å². The van der Waals surface area contributed by atoms with Crippen molar-refractivity contribution in [2.24, 2.45) is 4.99 Å². The molecule has 1 heterocycles. The highest BCUT2D eigenvalue weighted by Crippen LogP contribution is 2.19. The Hall–Kier alpha value is -1.97. The molecule has 0 unspecified atom stereocenters. The smallest absolute Gasteiger partial charge is 0.407 e. The Morgan fingerprint density at radius 2 is 1.90 bits per heavy atom. The first-order valence-electron chi connectivity index (χ1n) is 9.84. The van der Waals surface area contributed by atoms with Crippen molar-refractivity contribution in [3.05, 3.63) is 35.5 Å². The number of benzene rings is 1. The van der Waals surface area contributed by atoms with Gasteiger partial charge in [0.05, 0.1) is 0 Å². The van der Waals surface area contributed by atoms with Crippen molar-refractivity contribution >= 4 is 46.9 Å². The summed E-state index contributed by atoms with van der Waals surface area (Å²) in [5.41, 5.74) is 3.19. The molecule has 0 aliphatic rings. The summed E-state index contributed by atoms with van der Waals surface area (Å²) in [6.45, 7) is 12.1. The van der Waals surface area contributed by atoms with E-state index in [-0.39, 0.29) is 24.0 Å². The Morgan fingerprint density at radius 3 is 2.59 bits per heavy atom. The normalized spacial score (nSPS) is 11.7. The second kappa shape index (κ2) is 11.9. The summed E-state index contributed by atoms with van der Waals surface area (Å²) in [4.78, 5) is 19.6. The van der Waals surface area contributed by atoms with Gasteiger partial charge in [0.15, 0.2) is 5.96 Å². The molecule has 0 aliphatic carbocycles. The second-order valence-corrected chi connectivity index (χ2v) is 7.73. The first-order valence-corrected chi connectivity index (χ1v) is 9.84. The fourth-order valence-electron chi connectivity index (χ4n) is 2.80. The van der Waals surface area contributed by atoms with Gasteiger partial charge in [-0.15, -0.1) is 24.0 Å². The minimum atomic E-state index is -0.491. The number of aromatic nitrogens is 1. The highest BCUT2D eigenvalue weighted by Gasteiger charge is 2.15. The molecule has 1 aromatic heterocycles. The lowest BCUT2D eigenvalue weighted by atomic mass is 10.1. The Morgan fingerprint density at radius 1 is 1.17 bits per heavy atom. The lowest BCUT2D eigenvalue weighted by Gasteiger charge is -2.19. The van der Waals surface area contributed by atoms with Crippen LogP contribution in [0.3, 0.4) is 0 Å². The molecule has 0 radical (unpaired) electrons. The summed E-state index contributed by atoms with van der Waals surface area (Å²) in [5.74, 6) is 0.740. The van der Waals surface area contributed by atoms with Crippen LogP contribution < -0.4 is 16.0 Å². The maximum Gasteiger partial charge on any atom is 0.407 e. The van der Waals surface area contributed by atoms with E-state index < -0.39 is 11.7 Å². The van der Waals surface area contributed by atoms with Gasteiger partial charge in [-0.3, -0.25) is 4.99 Å². The molecule has 162 valence electrons. The Balaban J connectivity index is 0.00000420. The number of aliphatic imine (C=N–C) groups is 1. The number of nitrogens with one attached hydrogen (secondary N) is 4. The van der Waals surface area contributed by atoms with Gasteiger partial charge in [-0.05, 0) is 58.2 Å². The molecule has 0 saturated carbocycles. The van der Waals surface area contributed by atoms with E-state index in [0.29, 0.717) is 19.6 Å². The van der Waals surface area contributed by atoms with Crippen molar-refractivity contribution in [2.75, 3.05) is 26.2 Å². The van der Waals surface area contributed by atoms with Gasteiger partial charge in [-0.2, -0.15) is 0 Å². The topological polar surface area (TPSA) is 90.5 Å². The third kappa shape index (κ3) is 8.93. The summed E-state index contributed by atoms with van der Waals surface area (Å²) in [6, 6.07) is 6.45. The predicted octanol–water partition coefficient (Wildman–Crippen LogP) is 3.72. The molecule has 0 fully saturated rings. The van der Waals surface area contributed by atoms with Gasteiger partial charge >= 0.3 is 6.09 Å². The van der Waals surface area contributed by atoms with Crippen LogP contribution in [0.25, 0.3) is 10.9 Å². The summed E-state index contributed by atoms with van der Waals surface area (Å²) < 4.78 is 5.21. The highest BCUT2D eigenvalue weighted by atomic mass is 127. The molecule has 0 aliphatic heterocycles. The summed E-state index contributed by atoms with van der Waals surface area (Å²) in [5, 5.41) is 10.4. The molecule has 0 atom stereocenters. The number of ether oxygens (including phenoxy) is 1. The minimum Gasteiger partial charge on any atom is -0.444 e. The van der Waals surface area contributed by atoms with Crippen LogP contribution >= 0.6 is 24.0 Å².